The summed E-state index contributed by atoms with van der Waals surface area (Å²) in [5, 5.41) is 0.731. The molecule has 0 aliphatic carbocycles. The van der Waals surface area contributed by atoms with Gasteiger partial charge in [0.2, 0.25) is 0 Å². The highest BCUT2D eigenvalue weighted by Gasteiger charge is 2.01. The number of rotatable bonds is 3. The van der Waals surface area contributed by atoms with Crippen molar-refractivity contribution in [2.45, 2.75) is 0 Å². The molecule has 3 rings (SSSR count). The molecule has 0 atom stereocenters. The van der Waals surface area contributed by atoms with Gasteiger partial charge in [-0.3, -0.25) is 4.99 Å². The number of halogens is 2. The standard InChI is InChI=1S/C17H12BrClN2/c18-16-5-1-2-6-17(16)20-12-15-4-3-11-21(15)14-9-7-13(19)8-10-14/h1-12H. The molecule has 0 aliphatic rings. The van der Waals surface area contributed by atoms with Crippen LogP contribution < -0.4 is 0 Å². The molecule has 21 heavy (non-hydrogen) atoms. The fourth-order valence-corrected chi connectivity index (χ4v) is 2.54. The van der Waals surface area contributed by atoms with Crippen LogP contribution in [-0.2, 0) is 0 Å². The van der Waals surface area contributed by atoms with Crippen molar-refractivity contribution < 1.29 is 0 Å². The van der Waals surface area contributed by atoms with E-state index in [2.05, 4.69) is 25.5 Å². The van der Waals surface area contributed by atoms with E-state index in [1.165, 1.54) is 0 Å². The Hall–Kier alpha value is -1.84. The predicted octanol–water partition coefficient (Wildman–Crippen LogP) is 5.64. The van der Waals surface area contributed by atoms with Crippen LogP contribution in [0.1, 0.15) is 5.69 Å². The van der Waals surface area contributed by atoms with Crippen molar-refractivity contribution in [3.8, 4) is 5.69 Å². The molecule has 0 fully saturated rings. The molecule has 3 aromatic rings. The molecular formula is C17H12BrClN2. The Balaban J connectivity index is 1.93. The van der Waals surface area contributed by atoms with Crippen molar-refractivity contribution in [3.05, 3.63) is 82.0 Å². The van der Waals surface area contributed by atoms with Crippen molar-refractivity contribution in [1.82, 2.24) is 4.57 Å². The number of hydrogen-bond donors (Lipinski definition) is 0. The number of aromatic nitrogens is 1. The second-order valence-corrected chi connectivity index (χ2v) is 5.78. The molecule has 0 saturated carbocycles. The molecule has 1 aromatic heterocycles. The summed E-state index contributed by atoms with van der Waals surface area (Å²) < 4.78 is 3.04. The number of nitrogens with zero attached hydrogens (tertiary/aromatic N) is 2. The normalized spacial score (nSPS) is 11.1. The largest absolute Gasteiger partial charge is 0.316 e. The molecule has 0 radical (unpaired) electrons. The molecule has 0 unspecified atom stereocenters. The molecule has 0 bridgehead atoms. The molecule has 2 nitrogen and oxygen atoms in total. The maximum absolute atomic E-state index is 5.93. The van der Waals surface area contributed by atoms with E-state index in [-0.39, 0.29) is 0 Å². The maximum Gasteiger partial charge on any atom is 0.0772 e. The van der Waals surface area contributed by atoms with Crippen molar-refractivity contribution in [1.29, 1.82) is 0 Å². The number of hydrogen-bond acceptors (Lipinski definition) is 1. The fraction of sp³-hybridized carbons (Fsp3) is 0. The average Bonchev–Trinajstić information content (AvgIpc) is 2.96. The summed E-state index contributed by atoms with van der Waals surface area (Å²) in [6.07, 6.45) is 3.86. The third kappa shape index (κ3) is 3.26. The van der Waals surface area contributed by atoms with Crippen LogP contribution in [0.5, 0.6) is 0 Å². The highest BCUT2D eigenvalue weighted by Crippen LogP contribution is 2.24. The van der Waals surface area contributed by atoms with Crippen LogP contribution in [0.4, 0.5) is 5.69 Å². The molecule has 0 aliphatic heterocycles. The first-order chi connectivity index (χ1) is 10.2. The third-order valence-electron chi connectivity index (χ3n) is 3.07. The Bertz CT molecular complexity index is 775. The zero-order valence-corrected chi connectivity index (χ0v) is 13.4. The topological polar surface area (TPSA) is 17.3 Å². The van der Waals surface area contributed by atoms with Crippen LogP contribution in [0, 0.1) is 0 Å². The lowest BCUT2D eigenvalue weighted by Crippen LogP contribution is -1.97. The number of aliphatic imine (C=N–C) groups is 1. The summed E-state index contributed by atoms with van der Waals surface area (Å²) in [5.74, 6) is 0. The summed E-state index contributed by atoms with van der Waals surface area (Å²) in [5.41, 5.74) is 2.97. The lowest BCUT2D eigenvalue weighted by molar-refractivity contribution is 1.07. The van der Waals surface area contributed by atoms with Gasteiger partial charge in [0.25, 0.3) is 0 Å². The van der Waals surface area contributed by atoms with Crippen molar-refractivity contribution in [2.24, 2.45) is 4.99 Å². The van der Waals surface area contributed by atoms with E-state index in [0.29, 0.717) is 0 Å². The Kier molecular flexibility index (Phi) is 4.23. The van der Waals surface area contributed by atoms with Gasteiger partial charge in [0.1, 0.15) is 0 Å². The van der Waals surface area contributed by atoms with Crippen molar-refractivity contribution >= 4 is 39.4 Å². The first kappa shape index (κ1) is 14.1. The first-order valence-electron chi connectivity index (χ1n) is 6.46. The highest BCUT2D eigenvalue weighted by molar-refractivity contribution is 9.10. The molecule has 0 N–H and O–H groups in total. The Morgan fingerprint density at radius 3 is 2.48 bits per heavy atom. The van der Waals surface area contributed by atoms with E-state index in [9.17, 15) is 0 Å². The second kappa shape index (κ2) is 6.29. The second-order valence-electron chi connectivity index (χ2n) is 4.49. The summed E-state index contributed by atoms with van der Waals surface area (Å²) in [7, 11) is 0. The summed E-state index contributed by atoms with van der Waals surface area (Å²) in [6, 6.07) is 19.6. The number of para-hydroxylation sites is 1. The van der Waals surface area contributed by atoms with Gasteiger partial charge in [-0.05, 0) is 64.5 Å². The van der Waals surface area contributed by atoms with Gasteiger partial charge >= 0.3 is 0 Å². The lowest BCUT2D eigenvalue weighted by Gasteiger charge is -2.06. The number of benzene rings is 2. The molecule has 0 amide bonds. The molecule has 104 valence electrons. The van der Waals surface area contributed by atoms with Crippen molar-refractivity contribution in [3.63, 3.8) is 0 Å². The maximum atomic E-state index is 5.93. The average molecular weight is 360 g/mol. The van der Waals surface area contributed by atoms with Crippen LogP contribution in [-0.4, -0.2) is 10.8 Å². The minimum Gasteiger partial charge on any atom is -0.316 e. The fourth-order valence-electron chi connectivity index (χ4n) is 2.03. The van der Waals surface area contributed by atoms with Gasteiger partial charge in [0, 0.05) is 21.4 Å². The Morgan fingerprint density at radius 2 is 1.71 bits per heavy atom. The van der Waals surface area contributed by atoms with E-state index >= 15 is 0 Å². The van der Waals surface area contributed by atoms with Crippen LogP contribution in [0.15, 0.2) is 76.3 Å². The first-order valence-corrected chi connectivity index (χ1v) is 7.63. The van der Waals surface area contributed by atoms with Gasteiger partial charge in [-0.15, -0.1) is 0 Å². The van der Waals surface area contributed by atoms with Gasteiger partial charge < -0.3 is 4.57 Å². The predicted molar refractivity (Wildman–Crippen MR) is 92.2 cm³/mol. The van der Waals surface area contributed by atoms with E-state index in [1.54, 1.807) is 0 Å². The van der Waals surface area contributed by atoms with Crippen LogP contribution in [0.3, 0.4) is 0 Å². The molecule has 0 spiro atoms. The van der Waals surface area contributed by atoms with E-state index in [4.69, 9.17) is 11.6 Å². The van der Waals surface area contributed by atoms with Crippen LogP contribution in [0.25, 0.3) is 5.69 Å². The van der Waals surface area contributed by atoms with E-state index in [0.717, 1.165) is 26.6 Å². The minimum atomic E-state index is 0.731. The molecule has 1 heterocycles. The molecule has 4 heteroatoms. The van der Waals surface area contributed by atoms with Gasteiger partial charge in [-0.25, -0.2) is 0 Å². The van der Waals surface area contributed by atoms with Crippen LogP contribution >= 0.6 is 27.5 Å². The molecule has 2 aromatic carbocycles. The lowest BCUT2D eigenvalue weighted by atomic mass is 10.3. The highest BCUT2D eigenvalue weighted by atomic mass is 79.9. The minimum absolute atomic E-state index is 0.731. The van der Waals surface area contributed by atoms with Gasteiger partial charge in [0.15, 0.2) is 0 Å². The monoisotopic (exact) mass is 358 g/mol. The third-order valence-corrected chi connectivity index (χ3v) is 4.00. The summed E-state index contributed by atoms with van der Waals surface area (Å²) >= 11 is 9.43. The van der Waals surface area contributed by atoms with E-state index in [1.807, 2.05) is 73.1 Å². The Morgan fingerprint density at radius 1 is 0.952 bits per heavy atom. The van der Waals surface area contributed by atoms with Gasteiger partial charge in [0.05, 0.1) is 17.6 Å². The van der Waals surface area contributed by atoms with E-state index < -0.39 is 0 Å². The Labute approximate surface area is 136 Å². The molecule has 0 saturated heterocycles. The molecular weight excluding hydrogens is 348 g/mol. The quantitative estimate of drug-likeness (QED) is 0.538. The van der Waals surface area contributed by atoms with Crippen LogP contribution in [0.2, 0.25) is 5.02 Å². The smallest absolute Gasteiger partial charge is 0.0772 e. The summed E-state index contributed by atoms with van der Waals surface area (Å²) in [4.78, 5) is 4.53. The van der Waals surface area contributed by atoms with Crippen molar-refractivity contribution in [2.75, 3.05) is 0 Å². The van der Waals surface area contributed by atoms with Gasteiger partial charge in [-0.1, -0.05) is 23.7 Å². The summed E-state index contributed by atoms with van der Waals surface area (Å²) in [6.45, 7) is 0. The zero-order chi connectivity index (χ0) is 14.7. The zero-order valence-electron chi connectivity index (χ0n) is 11.1. The van der Waals surface area contributed by atoms with Gasteiger partial charge in [-0.2, -0.15) is 0 Å². The SMILES string of the molecule is Clc1ccc(-n2cccc2C=Nc2ccccc2Br)cc1.